The number of rotatable bonds is 6. The van der Waals surface area contributed by atoms with Gasteiger partial charge in [-0.15, -0.1) is 13.3 Å². The summed E-state index contributed by atoms with van der Waals surface area (Å²) in [5.74, 6) is -5.25. The standard InChI is InChI=1S/C29H21F5N5O6S/c1-37-25-17-5-3-14(16-7-19(30)18(12-40)24(10-16)46(2,42)43)8-20(17)38-21(15-4-6-22-23(9-15)45-29(33,34)44-22)11-35-39(38)26(25)27(36-37)28(31,32)13-41/h3-11,40-41H,12-13H2,1-2H3/q+1. The summed E-state index contributed by atoms with van der Waals surface area (Å²) in [6, 6.07) is 10.8. The number of aromatic nitrogens is 5. The third-order valence-electron chi connectivity index (χ3n) is 7.70. The molecular weight excluding hydrogens is 641 g/mol. The fraction of sp³-hybridized carbons (Fsp3) is 0.207. The van der Waals surface area contributed by atoms with E-state index in [0.717, 1.165) is 17.0 Å². The van der Waals surface area contributed by atoms with Crippen LogP contribution in [0, 0.1) is 5.82 Å². The largest absolute Gasteiger partial charge is 0.586 e. The van der Waals surface area contributed by atoms with Crippen LogP contribution in [-0.4, -0.2) is 57.3 Å². The van der Waals surface area contributed by atoms with Crippen LogP contribution in [0.4, 0.5) is 22.0 Å². The van der Waals surface area contributed by atoms with E-state index in [-0.39, 0.29) is 44.9 Å². The normalized spacial score (nSPS) is 14.6. The van der Waals surface area contributed by atoms with Crippen LogP contribution >= 0.6 is 0 Å². The predicted molar refractivity (Wildman–Crippen MR) is 150 cm³/mol. The molecule has 0 bridgehead atoms. The first-order chi connectivity index (χ1) is 21.6. The minimum absolute atomic E-state index is 0.125. The van der Waals surface area contributed by atoms with Crippen LogP contribution in [0.15, 0.2) is 59.6 Å². The third-order valence-corrected chi connectivity index (χ3v) is 8.86. The quantitative estimate of drug-likeness (QED) is 0.204. The zero-order chi connectivity index (χ0) is 32.9. The number of benzene rings is 3. The van der Waals surface area contributed by atoms with E-state index in [1.807, 2.05) is 0 Å². The minimum atomic E-state index is -3.97. The number of halogens is 5. The van der Waals surface area contributed by atoms with Gasteiger partial charge in [0, 0.05) is 29.5 Å². The van der Waals surface area contributed by atoms with E-state index >= 15 is 13.2 Å². The molecule has 2 N–H and O–H groups in total. The lowest BCUT2D eigenvalue weighted by molar-refractivity contribution is -0.581. The smallest absolute Gasteiger partial charge is 0.395 e. The number of hydrogen-bond acceptors (Lipinski definition) is 8. The molecule has 0 atom stereocenters. The van der Waals surface area contributed by atoms with Crippen molar-refractivity contribution in [3.05, 3.63) is 71.8 Å². The maximum absolute atomic E-state index is 15.1. The lowest BCUT2D eigenvalue weighted by Gasteiger charge is -2.12. The number of ether oxygens (including phenoxy) is 2. The number of sulfone groups is 1. The summed E-state index contributed by atoms with van der Waals surface area (Å²) in [6.45, 7) is -2.41. The fourth-order valence-electron chi connectivity index (χ4n) is 5.69. The molecule has 46 heavy (non-hydrogen) atoms. The summed E-state index contributed by atoms with van der Waals surface area (Å²) in [7, 11) is -2.55. The van der Waals surface area contributed by atoms with Crippen LogP contribution in [0.25, 0.3) is 44.3 Å². The highest BCUT2D eigenvalue weighted by Crippen LogP contribution is 2.43. The van der Waals surface area contributed by atoms with Crippen LogP contribution in [0.1, 0.15) is 11.3 Å². The van der Waals surface area contributed by atoms with Crippen LogP contribution in [0.2, 0.25) is 0 Å². The van der Waals surface area contributed by atoms with Gasteiger partial charge in [-0.3, -0.25) is 4.68 Å². The Morgan fingerprint density at radius 1 is 0.978 bits per heavy atom. The Hall–Kier alpha value is -4.87. The third kappa shape index (κ3) is 4.45. The Labute approximate surface area is 255 Å². The number of nitrogens with zero attached hydrogens (tertiary/aromatic N) is 5. The van der Waals surface area contributed by atoms with Gasteiger partial charge in [0.25, 0.3) is 0 Å². The number of aryl methyl sites for hydroxylation is 1. The molecule has 3 aromatic carbocycles. The SMILES string of the molecule is Cn1nc(C(F)(F)CO)c2c1c1ccc(-c3cc(F)c(CO)c(S(C)(=O)=O)c3)cc1[n+]1c(-c3ccc4c(c3)OC(F)(F)O4)cnn21. The van der Waals surface area contributed by atoms with Gasteiger partial charge in [-0.1, -0.05) is 6.07 Å². The number of aliphatic hydroxyl groups is 2. The highest BCUT2D eigenvalue weighted by Gasteiger charge is 2.44. The van der Waals surface area contributed by atoms with Crippen LogP contribution in [0.3, 0.4) is 0 Å². The van der Waals surface area contributed by atoms with Crippen molar-refractivity contribution >= 4 is 31.8 Å². The van der Waals surface area contributed by atoms with Crippen LogP contribution in [0.5, 0.6) is 11.5 Å². The van der Waals surface area contributed by atoms with Crippen molar-refractivity contribution < 1.29 is 54.6 Å². The number of alkyl halides is 4. The van der Waals surface area contributed by atoms with E-state index in [2.05, 4.69) is 19.7 Å². The molecule has 0 radical (unpaired) electrons. The average molecular weight is 663 g/mol. The van der Waals surface area contributed by atoms with E-state index in [1.165, 1.54) is 64.9 Å². The summed E-state index contributed by atoms with van der Waals surface area (Å²) < 4.78 is 110. The molecule has 0 saturated heterocycles. The highest BCUT2D eigenvalue weighted by molar-refractivity contribution is 7.90. The zero-order valence-corrected chi connectivity index (χ0v) is 24.5. The van der Waals surface area contributed by atoms with Crippen molar-refractivity contribution in [3.63, 3.8) is 0 Å². The van der Waals surface area contributed by atoms with Gasteiger partial charge in [-0.2, -0.15) is 13.9 Å². The molecule has 6 aromatic rings. The van der Waals surface area contributed by atoms with Crippen molar-refractivity contribution in [3.8, 4) is 33.9 Å². The summed E-state index contributed by atoms with van der Waals surface area (Å²) in [5, 5.41) is 27.8. The highest BCUT2D eigenvalue weighted by atomic mass is 32.2. The van der Waals surface area contributed by atoms with E-state index in [1.54, 1.807) is 0 Å². The van der Waals surface area contributed by atoms with Gasteiger partial charge in [-0.25, -0.2) is 12.8 Å². The molecule has 0 fully saturated rings. The van der Waals surface area contributed by atoms with E-state index in [9.17, 15) is 27.4 Å². The van der Waals surface area contributed by atoms with Crippen LogP contribution in [-0.2, 0) is 29.4 Å². The van der Waals surface area contributed by atoms with Gasteiger partial charge >= 0.3 is 12.2 Å². The Bertz CT molecular complexity index is 2370. The summed E-state index contributed by atoms with van der Waals surface area (Å²) in [4.78, 5) is -0.414. The van der Waals surface area contributed by atoms with E-state index < -0.39 is 57.2 Å². The first-order valence-electron chi connectivity index (χ1n) is 13.4. The first-order valence-corrected chi connectivity index (χ1v) is 15.3. The van der Waals surface area contributed by atoms with Gasteiger partial charge in [0.1, 0.15) is 17.9 Å². The second kappa shape index (κ2) is 9.81. The van der Waals surface area contributed by atoms with Crippen molar-refractivity contribution in [1.82, 2.24) is 19.5 Å². The predicted octanol–water partition coefficient (Wildman–Crippen LogP) is 3.73. The molecule has 0 aliphatic carbocycles. The maximum Gasteiger partial charge on any atom is 0.586 e. The van der Waals surface area contributed by atoms with Gasteiger partial charge in [0.2, 0.25) is 11.9 Å². The van der Waals surface area contributed by atoms with Gasteiger partial charge in [0.05, 0.1) is 16.9 Å². The van der Waals surface area contributed by atoms with Crippen molar-refractivity contribution in [1.29, 1.82) is 0 Å². The molecule has 238 valence electrons. The molecule has 7 rings (SSSR count). The second-order valence-electron chi connectivity index (χ2n) is 10.7. The van der Waals surface area contributed by atoms with Gasteiger partial charge < -0.3 is 19.7 Å². The molecule has 4 heterocycles. The summed E-state index contributed by atoms with van der Waals surface area (Å²) in [6.07, 6.45) is -1.72. The molecule has 0 saturated carbocycles. The maximum atomic E-state index is 15.1. The van der Waals surface area contributed by atoms with Crippen molar-refractivity contribution in [2.75, 3.05) is 12.9 Å². The molecule has 3 aromatic heterocycles. The monoisotopic (exact) mass is 662 g/mol. The Kier molecular flexibility index (Phi) is 6.36. The van der Waals surface area contributed by atoms with Crippen LogP contribution < -0.4 is 14.0 Å². The van der Waals surface area contributed by atoms with E-state index in [0.29, 0.717) is 10.9 Å². The molecule has 11 nitrogen and oxygen atoms in total. The lowest BCUT2D eigenvalue weighted by Crippen LogP contribution is -2.33. The minimum Gasteiger partial charge on any atom is -0.395 e. The van der Waals surface area contributed by atoms with Crippen molar-refractivity contribution in [2.24, 2.45) is 7.05 Å². The number of aliphatic hydroxyl groups excluding tert-OH is 2. The van der Waals surface area contributed by atoms with Gasteiger partial charge in [0.15, 0.2) is 38.1 Å². The Morgan fingerprint density at radius 2 is 1.70 bits per heavy atom. The topological polar surface area (TPSA) is 132 Å². The average Bonchev–Trinajstić information content (AvgIpc) is 3.68. The molecule has 0 spiro atoms. The molecule has 1 aliphatic rings. The molecule has 1 aliphatic heterocycles. The zero-order valence-electron chi connectivity index (χ0n) is 23.7. The first kappa shape index (κ1) is 29.8. The molecule has 0 amide bonds. The Morgan fingerprint density at radius 3 is 2.39 bits per heavy atom. The summed E-state index contributed by atoms with van der Waals surface area (Å²) >= 11 is 0. The number of hydrogen-bond donors (Lipinski definition) is 2. The van der Waals surface area contributed by atoms with Crippen molar-refractivity contribution in [2.45, 2.75) is 23.7 Å². The molecule has 17 heteroatoms. The molecular formula is C29H21F5N5O6S+. The van der Waals surface area contributed by atoms with E-state index in [4.69, 9.17) is 0 Å². The summed E-state index contributed by atoms with van der Waals surface area (Å²) in [5.41, 5.74) is 0.0280. The van der Waals surface area contributed by atoms with Gasteiger partial charge in [-0.05, 0) is 58.2 Å². The lowest BCUT2D eigenvalue weighted by atomic mass is 10.0. The fourth-order valence-corrected chi connectivity index (χ4v) is 6.64. The number of fused-ring (bicyclic) bond motifs is 7. The second-order valence-corrected chi connectivity index (χ2v) is 12.7. The molecule has 0 unspecified atom stereocenters. The Balaban J connectivity index is 1.57.